The largest absolute Gasteiger partial charge is 0.359 e. The van der Waals surface area contributed by atoms with Gasteiger partial charge in [0.15, 0.2) is 5.11 Å². The fourth-order valence-electron chi connectivity index (χ4n) is 0.901. The van der Waals surface area contributed by atoms with Crippen molar-refractivity contribution in [1.29, 1.82) is 0 Å². The Balaban J connectivity index is 2.31. The van der Waals surface area contributed by atoms with Crippen LogP contribution in [0.2, 0.25) is 0 Å². The Bertz CT molecular complexity index is 264. The Hall–Kier alpha value is -0.800. The third-order valence-electron chi connectivity index (χ3n) is 1.52. The standard InChI is InChI=1S/C9H11ClN2S/c10-7-12-9(13)11-6-8-4-2-1-3-5-8/h1-5H,6-7H2,(H2,11,12,13). The van der Waals surface area contributed by atoms with Crippen LogP contribution >= 0.6 is 23.8 Å². The average molecular weight is 215 g/mol. The zero-order valence-electron chi connectivity index (χ0n) is 7.09. The van der Waals surface area contributed by atoms with E-state index in [-0.39, 0.29) is 0 Å². The molecule has 0 spiro atoms. The molecule has 1 aromatic carbocycles. The van der Waals surface area contributed by atoms with Gasteiger partial charge in [-0.2, -0.15) is 0 Å². The molecule has 0 fully saturated rings. The minimum Gasteiger partial charge on any atom is -0.359 e. The van der Waals surface area contributed by atoms with Crippen LogP contribution in [0.5, 0.6) is 0 Å². The Morgan fingerprint density at radius 1 is 1.23 bits per heavy atom. The van der Waals surface area contributed by atoms with Gasteiger partial charge in [-0.25, -0.2) is 0 Å². The number of thiocarbonyl (C=S) groups is 1. The Kier molecular flexibility index (Phi) is 4.57. The van der Waals surface area contributed by atoms with Crippen LogP contribution in [-0.4, -0.2) is 11.1 Å². The van der Waals surface area contributed by atoms with E-state index in [0.717, 1.165) is 6.54 Å². The Labute approximate surface area is 88.3 Å². The topological polar surface area (TPSA) is 24.1 Å². The summed E-state index contributed by atoms with van der Waals surface area (Å²) in [5, 5.41) is 6.42. The summed E-state index contributed by atoms with van der Waals surface area (Å²) in [4.78, 5) is 0. The molecule has 1 rings (SSSR count). The first-order valence-corrected chi connectivity index (χ1v) is 4.89. The zero-order chi connectivity index (χ0) is 9.52. The summed E-state index contributed by atoms with van der Waals surface area (Å²) in [5.41, 5.74) is 1.20. The third-order valence-corrected chi connectivity index (χ3v) is 1.95. The van der Waals surface area contributed by atoms with Crippen molar-refractivity contribution in [3.63, 3.8) is 0 Å². The number of halogens is 1. The molecule has 13 heavy (non-hydrogen) atoms. The molecule has 0 amide bonds. The highest BCUT2D eigenvalue weighted by atomic mass is 35.5. The predicted octanol–water partition coefficient (Wildman–Crippen LogP) is 1.85. The minimum atomic E-state index is 0.334. The SMILES string of the molecule is S=C(NCCl)NCc1ccccc1. The fraction of sp³-hybridized carbons (Fsp3) is 0.222. The van der Waals surface area contributed by atoms with Gasteiger partial charge in [0.1, 0.15) is 0 Å². The van der Waals surface area contributed by atoms with Crippen molar-refractivity contribution in [1.82, 2.24) is 10.6 Å². The molecule has 0 atom stereocenters. The number of benzene rings is 1. The average Bonchev–Trinajstić information content (AvgIpc) is 2.17. The van der Waals surface area contributed by atoms with E-state index in [1.807, 2.05) is 30.3 Å². The first-order chi connectivity index (χ1) is 6.33. The molecule has 0 aliphatic rings. The minimum absolute atomic E-state index is 0.334. The van der Waals surface area contributed by atoms with Crippen molar-refractivity contribution in [2.45, 2.75) is 6.54 Å². The van der Waals surface area contributed by atoms with E-state index in [0.29, 0.717) is 11.1 Å². The molecule has 0 radical (unpaired) electrons. The lowest BCUT2D eigenvalue weighted by atomic mass is 10.2. The molecule has 0 bridgehead atoms. The van der Waals surface area contributed by atoms with Gasteiger partial charge in [0.25, 0.3) is 0 Å². The third kappa shape index (κ3) is 4.10. The lowest BCUT2D eigenvalue weighted by Gasteiger charge is -2.07. The lowest BCUT2D eigenvalue weighted by Crippen LogP contribution is -2.33. The second-order valence-corrected chi connectivity index (χ2v) is 3.15. The van der Waals surface area contributed by atoms with E-state index < -0.39 is 0 Å². The van der Waals surface area contributed by atoms with Gasteiger partial charge in [0.2, 0.25) is 0 Å². The van der Waals surface area contributed by atoms with Crippen LogP contribution in [-0.2, 0) is 6.54 Å². The molecular formula is C9H11ClN2S. The molecule has 2 nitrogen and oxygen atoms in total. The maximum Gasteiger partial charge on any atom is 0.167 e. The first-order valence-electron chi connectivity index (χ1n) is 3.94. The molecule has 0 heterocycles. The van der Waals surface area contributed by atoms with E-state index in [4.69, 9.17) is 23.8 Å². The summed E-state index contributed by atoms with van der Waals surface area (Å²) in [6, 6.07) is 10.4. The van der Waals surface area contributed by atoms with Gasteiger partial charge in [-0.3, -0.25) is 0 Å². The predicted molar refractivity (Wildman–Crippen MR) is 59.7 cm³/mol. The molecular weight excluding hydrogens is 204 g/mol. The van der Waals surface area contributed by atoms with Crippen LogP contribution in [0.25, 0.3) is 0 Å². The van der Waals surface area contributed by atoms with Crippen LogP contribution in [0, 0.1) is 0 Å². The highest BCUT2D eigenvalue weighted by Gasteiger charge is 1.93. The highest BCUT2D eigenvalue weighted by molar-refractivity contribution is 7.80. The number of hydrogen-bond acceptors (Lipinski definition) is 1. The smallest absolute Gasteiger partial charge is 0.167 e. The summed E-state index contributed by atoms with van der Waals surface area (Å²) >= 11 is 10.4. The van der Waals surface area contributed by atoms with Crippen molar-refractivity contribution >= 4 is 28.9 Å². The molecule has 0 aromatic heterocycles. The van der Waals surface area contributed by atoms with E-state index >= 15 is 0 Å². The molecule has 0 unspecified atom stereocenters. The summed E-state index contributed by atoms with van der Waals surface area (Å²) in [7, 11) is 0. The van der Waals surface area contributed by atoms with Gasteiger partial charge >= 0.3 is 0 Å². The van der Waals surface area contributed by atoms with Crippen molar-refractivity contribution in [2.24, 2.45) is 0 Å². The second kappa shape index (κ2) is 5.78. The van der Waals surface area contributed by atoms with Crippen molar-refractivity contribution < 1.29 is 0 Å². The number of hydrogen-bond donors (Lipinski definition) is 2. The maximum absolute atomic E-state index is 5.44. The molecule has 4 heteroatoms. The van der Waals surface area contributed by atoms with Crippen LogP contribution in [0.1, 0.15) is 5.56 Å². The second-order valence-electron chi connectivity index (χ2n) is 2.48. The molecule has 1 aromatic rings. The first kappa shape index (κ1) is 10.3. The van der Waals surface area contributed by atoms with Gasteiger partial charge in [-0.1, -0.05) is 30.3 Å². The number of rotatable bonds is 3. The molecule has 2 N–H and O–H groups in total. The van der Waals surface area contributed by atoms with Gasteiger partial charge in [-0.15, -0.1) is 11.6 Å². The van der Waals surface area contributed by atoms with Gasteiger partial charge in [0.05, 0.1) is 6.00 Å². The fourth-order valence-corrected chi connectivity index (χ4v) is 1.26. The van der Waals surface area contributed by atoms with E-state index in [2.05, 4.69) is 10.6 Å². The summed E-state index contributed by atoms with van der Waals surface area (Å²) in [5.74, 6) is 0. The van der Waals surface area contributed by atoms with Gasteiger partial charge in [0, 0.05) is 6.54 Å². The van der Waals surface area contributed by atoms with Gasteiger partial charge in [-0.05, 0) is 17.8 Å². The molecule has 0 aliphatic carbocycles. The maximum atomic E-state index is 5.44. The van der Waals surface area contributed by atoms with Crippen molar-refractivity contribution in [3.8, 4) is 0 Å². The number of alkyl halides is 1. The Morgan fingerprint density at radius 3 is 2.54 bits per heavy atom. The summed E-state index contributed by atoms with van der Waals surface area (Å²) in [6.07, 6.45) is 0. The van der Waals surface area contributed by atoms with E-state index in [1.54, 1.807) is 0 Å². The molecule has 0 aliphatic heterocycles. The van der Waals surface area contributed by atoms with Gasteiger partial charge < -0.3 is 10.6 Å². The van der Waals surface area contributed by atoms with Crippen molar-refractivity contribution in [2.75, 3.05) is 6.00 Å². The monoisotopic (exact) mass is 214 g/mol. The molecule has 0 saturated carbocycles. The van der Waals surface area contributed by atoms with Crippen LogP contribution in [0.15, 0.2) is 30.3 Å². The van der Waals surface area contributed by atoms with Crippen LogP contribution < -0.4 is 10.6 Å². The quantitative estimate of drug-likeness (QED) is 0.456. The zero-order valence-corrected chi connectivity index (χ0v) is 8.66. The number of nitrogens with one attached hydrogen (secondary N) is 2. The van der Waals surface area contributed by atoms with Crippen molar-refractivity contribution in [3.05, 3.63) is 35.9 Å². The highest BCUT2D eigenvalue weighted by Crippen LogP contribution is 1.96. The van der Waals surface area contributed by atoms with Crippen LogP contribution in [0.3, 0.4) is 0 Å². The summed E-state index contributed by atoms with van der Waals surface area (Å²) in [6.45, 7) is 0.726. The van der Waals surface area contributed by atoms with Crippen LogP contribution in [0.4, 0.5) is 0 Å². The van der Waals surface area contributed by atoms with E-state index in [9.17, 15) is 0 Å². The summed E-state index contributed by atoms with van der Waals surface area (Å²) < 4.78 is 0. The van der Waals surface area contributed by atoms with E-state index in [1.165, 1.54) is 5.56 Å². The normalized spacial score (nSPS) is 9.31. The Morgan fingerprint density at radius 2 is 1.92 bits per heavy atom. The molecule has 0 saturated heterocycles. The molecule has 70 valence electrons. The lowest BCUT2D eigenvalue weighted by molar-refractivity contribution is 0.884.